The van der Waals surface area contributed by atoms with E-state index in [0.717, 1.165) is 34.4 Å². The van der Waals surface area contributed by atoms with Gasteiger partial charge < -0.3 is 0 Å². The molecule has 0 N–H and O–H groups in total. The molecule has 0 radical (unpaired) electrons. The number of alkyl halides is 1. The minimum atomic E-state index is 0.841. The van der Waals surface area contributed by atoms with Crippen LogP contribution in [0.2, 0.25) is 0 Å². The van der Waals surface area contributed by atoms with Crippen molar-refractivity contribution in [3.8, 4) is 0 Å². The topological polar surface area (TPSA) is 0 Å². The van der Waals surface area contributed by atoms with E-state index in [1.54, 1.807) is 25.7 Å². The predicted octanol–water partition coefficient (Wildman–Crippen LogP) is 5.01. The number of hydrogen-bond acceptors (Lipinski definition) is 0. The standard InChI is InChI=1S/C15H25Br/c1-10-2-6-14-11(8-10)3-4-12-9-13(16)5-7-15(12)14/h10-15H,2-9H2,1H3/t10-,11?,12?,13-,14?,15?/m1/s1. The number of halogens is 1. The fourth-order valence-corrected chi connectivity index (χ4v) is 5.72. The highest BCUT2D eigenvalue weighted by Crippen LogP contribution is 2.52. The van der Waals surface area contributed by atoms with Crippen LogP contribution in [0.4, 0.5) is 0 Å². The van der Waals surface area contributed by atoms with Crippen LogP contribution in [0.3, 0.4) is 0 Å². The van der Waals surface area contributed by atoms with Crippen molar-refractivity contribution in [2.24, 2.45) is 29.6 Å². The summed E-state index contributed by atoms with van der Waals surface area (Å²) in [5, 5.41) is 0. The third-order valence-corrected chi connectivity index (χ3v) is 6.57. The van der Waals surface area contributed by atoms with E-state index in [1.807, 2.05) is 0 Å². The van der Waals surface area contributed by atoms with Crippen molar-refractivity contribution in [2.45, 2.75) is 63.1 Å². The fraction of sp³-hybridized carbons (Fsp3) is 1.00. The Morgan fingerprint density at radius 3 is 2.12 bits per heavy atom. The average Bonchev–Trinajstić information content (AvgIpc) is 2.28. The van der Waals surface area contributed by atoms with E-state index >= 15 is 0 Å². The monoisotopic (exact) mass is 284 g/mol. The minimum absolute atomic E-state index is 0.841. The molecule has 0 saturated heterocycles. The smallest absolute Gasteiger partial charge is 0.0148 e. The second kappa shape index (κ2) is 4.63. The van der Waals surface area contributed by atoms with Crippen LogP contribution in [0.25, 0.3) is 0 Å². The number of fused-ring (bicyclic) bond motifs is 3. The Balaban J connectivity index is 1.71. The van der Waals surface area contributed by atoms with Crippen LogP contribution in [-0.4, -0.2) is 4.83 Å². The van der Waals surface area contributed by atoms with Crippen molar-refractivity contribution in [1.82, 2.24) is 0 Å². The number of rotatable bonds is 0. The summed E-state index contributed by atoms with van der Waals surface area (Å²) in [7, 11) is 0. The Bertz CT molecular complexity index is 224. The van der Waals surface area contributed by atoms with Gasteiger partial charge in [-0.25, -0.2) is 0 Å². The normalized spacial score (nSPS) is 52.9. The molecule has 0 amide bonds. The Labute approximate surface area is 109 Å². The Morgan fingerprint density at radius 2 is 1.38 bits per heavy atom. The summed E-state index contributed by atoms with van der Waals surface area (Å²) >= 11 is 3.85. The molecular weight excluding hydrogens is 260 g/mol. The van der Waals surface area contributed by atoms with E-state index in [0.29, 0.717) is 0 Å². The number of hydrogen-bond donors (Lipinski definition) is 0. The van der Waals surface area contributed by atoms with Crippen molar-refractivity contribution < 1.29 is 0 Å². The Kier molecular flexibility index (Phi) is 3.35. The summed E-state index contributed by atoms with van der Waals surface area (Å²) in [6, 6.07) is 0. The Hall–Kier alpha value is 0.480. The van der Waals surface area contributed by atoms with Gasteiger partial charge in [-0.15, -0.1) is 0 Å². The molecule has 0 aromatic rings. The molecule has 0 aromatic heterocycles. The molecule has 3 rings (SSSR count). The summed E-state index contributed by atoms with van der Waals surface area (Å²) in [6.07, 6.45) is 12.2. The predicted molar refractivity (Wildman–Crippen MR) is 72.8 cm³/mol. The second-order valence-electron chi connectivity index (χ2n) is 6.75. The van der Waals surface area contributed by atoms with Crippen LogP contribution in [0.1, 0.15) is 58.3 Å². The maximum absolute atomic E-state index is 3.85. The van der Waals surface area contributed by atoms with Crippen molar-refractivity contribution in [3.05, 3.63) is 0 Å². The highest BCUT2D eigenvalue weighted by molar-refractivity contribution is 9.09. The van der Waals surface area contributed by atoms with Crippen LogP contribution < -0.4 is 0 Å². The Morgan fingerprint density at radius 1 is 0.750 bits per heavy atom. The van der Waals surface area contributed by atoms with Crippen molar-refractivity contribution in [3.63, 3.8) is 0 Å². The van der Waals surface area contributed by atoms with Crippen molar-refractivity contribution in [2.75, 3.05) is 0 Å². The molecule has 92 valence electrons. The van der Waals surface area contributed by atoms with E-state index in [-0.39, 0.29) is 0 Å². The molecule has 4 unspecified atom stereocenters. The summed E-state index contributed by atoms with van der Waals surface area (Å²) in [5.74, 6) is 5.44. The fourth-order valence-electron chi connectivity index (χ4n) is 4.97. The summed E-state index contributed by atoms with van der Waals surface area (Å²) in [5.41, 5.74) is 0. The zero-order valence-corrected chi connectivity index (χ0v) is 12.1. The lowest BCUT2D eigenvalue weighted by molar-refractivity contribution is 0.0163. The molecule has 0 heterocycles. The van der Waals surface area contributed by atoms with E-state index in [1.165, 1.54) is 25.7 Å². The molecule has 16 heavy (non-hydrogen) atoms. The van der Waals surface area contributed by atoms with Gasteiger partial charge in [0.25, 0.3) is 0 Å². The first-order chi connectivity index (χ1) is 7.74. The van der Waals surface area contributed by atoms with Gasteiger partial charge in [-0.3, -0.25) is 0 Å². The molecule has 0 aromatic carbocycles. The van der Waals surface area contributed by atoms with Crippen LogP contribution in [0.15, 0.2) is 0 Å². The highest BCUT2D eigenvalue weighted by atomic mass is 79.9. The average molecular weight is 285 g/mol. The quantitative estimate of drug-likeness (QED) is 0.549. The van der Waals surface area contributed by atoms with Crippen LogP contribution in [-0.2, 0) is 0 Å². The summed E-state index contributed by atoms with van der Waals surface area (Å²) < 4.78 is 0. The van der Waals surface area contributed by atoms with E-state index < -0.39 is 0 Å². The third-order valence-electron chi connectivity index (χ3n) is 5.74. The van der Waals surface area contributed by atoms with Crippen LogP contribution in [0, 0.1) is 29.6 Å². The van der Waals surface area contributed by atoms with Gasteiger partial charge in [0.1, 0.15) is 0 Å². The summed E-state index contributed by atoms with van der Waals surface area (Å²) in [6.45, 7) is 2.47. The van der Waals surface area contributed by atoms with Gasteiger partial charge in [0.15, 0.2) is 0 Å². The molecule has 3 saturated carbocycles. The molecule has 0 bridgehead atoms. The van der Waals surface area contributed by atoms with Crippen LogP contribution >= 0.6 is 15.9 Å². The summed E-state index contributed by atoms with van der Waals surface area (Å²) in [4.78, 5) is 0.841. The molecule has 1 heteroatoms. The van der Waals surface area contributed by atoms with E-state index in [9.17, 15) is 0 Å². The van der Waals surface area contributed by atoms with Gasteiger partial charge in [-0.05, 0) is 74.5 Å². The maximum atomic E-state index is 3.85. The lowest BCUT2D eigenvalue weighted by Gasteiger charge is -2.50. The van der Waals surface area contributed by atoms with Gasteiger partial charge in [-0.2, -0.15) is 0 Å². The van der Waals surface area contributed by atoms with Crippen LogP contribution in [0.5, 0.6) is 0 Å². The lowest BCUT2D eigenvalue weighted by Crippen LogP contribution is -2.41. The second-order valence-corrected chi connectivity index (χ2v) is 8.05. The molecule has 0 spiro atoms. The lowest BCUT2D eigenvalue weighted by atomic mass is 9.57. The van der Waals surface area contributed by atoms with Gasteiger partial charge in [0, 0.05) is 4.83 Å². The minimum Gasteiger partial charge on any atom is -0.0891 e. The third kappa shape index (κ3) is 2.09. The van der Waals surface area contributed by atoms with Gasteiger partial charge in [0.05, 0.1) is 0 Å². The van der Waals surface area contributed by atoms with Crippen molar-refractivity contribution in [1.29, 1.82) is 0 Å². The molecular formula is C15H25Br. The molecule has 0 nitrogen and oxygen atoms in total. The SMILES string of the molecule is C[C@@H]1CCC2C(CCC3C[C@H](Br)CCC32)C1. The zero-order chi connectivity index (χ0) is 11.1. The highest BCUT2D eigenvalue weighted by Gasteiger charge is 2.43. The largest absolute Gasteiger partial charge is 0.0891 e. The molecule has 6 atom stereocenters. The maximum Gasteiger partial charge on any atom is 0.0148 e. The molecule has 3 aliphatic carbocycles. The molecule has 3 fully saturated rings. The zero-order valence-electron chi connectivity index (χ0n) is 10.5. The first-order valence-electron chi connectivity index (χ1n) is 7.38. The first-order valence-corrected chi connectivity index (χ1v) is 8.29. The van der Waals surface area contributed by atoms with E-state index in [4.69, 9.17) is 0 Å². The van der Waals surface area contributed by atoms with Crippen molar-refractivity contribution >= 4 is 15.9 Å². The molecule has 3 aliphatic rings. The van der Waals surface area contributed by atoms with Gasteiger partial charge >= 0.3 is 0 Å². The van der Waals surface area contributed by atoms with Gasteiger partial charge in [-0.1, -0.05) is 29.3 Å². The first kappa shape index (κ1) is 11.6. The molecule has 0 aliphatic heterocycles. The van der Waals surface area contributed by atoms with Gasteiger partial charge in [0.2, 0.25) is 0 Å². The van der Waals surface area contributed by atoms with E-state index in [2.05, 4.69) is 22.9 Å².